The number of guanidine groups is 1. The van der Waals surface area contributed by atoms with E-state index in [2.05, 4.69) is 26.3 Å². The van der Waals surface area contributed by atoms with Crippen LogP contribution < -0.4 is 5.32 Å². The van der Waals surface area contributed by atoms with Gasteiger partial charge in [-0.2, -0.15) is 0 Å². The van der Waals surface area contributed by atoms with Gasteiger partial charge in [-0.05, 0) is 38.0 Å². The van der Waals surface area contributed by atoms with Gasteiger partial charge >= 0.3 is 0 Å². The first kappa shape index (κ1) is 20.9. The molecule has 0 bridgehead atoms. The maximum atomic E-state index is 12.2. The monoisotopic (exact) mass is 491 g/mol. The quantitative estimate of drug-likeness (QED) is 0.389. The third kappa shape index (κ3) is 4.13. The minimum atomic E-state index is -3.05. The second-order valence-electron chi connectivity index (χ2n) is 6.94. The molecule has 2 N–H and O–H groups in total. The van der Waals surface area contributed by atoms with E-state index in [0.29, 0.717) is 13.1 Å². The molecular formula is C17H26IN5O2S. The van der Waals surface area contributed by atoms with Crippen molar-refractivity contribution in [2.24, 2.45) is 4.99 Å². The molecule has 1 aliphatic rings. The molecule has 144 valence electrons. The Morgan fingerprint density at radius 3 is 2.92 bits per heavy atom. The van der Waals surface area contributed by atoms with E-state index in [0.717, 1.165) is 30.0 Å². The molecule has 2 aromatic rings. The van der Waals surface area contributed by atoms with Crippen LogP contribution in [0, 0.1) is 0 Å². The van der Waals surface area contributed by atoms with E-state index in [9.17, 15) is 8.42 Å². The number of aliphatic imine (C=N–C) groups is 1. The molecular weight excluding hydrogens is 465 g/mol. The summed E-state index contributed by atoms with van der Waals surface area (Å²) in [5, 5.41) is 4.48. The van der Waals surface area contributed by atoms with Crippen LogP contribution in [-0.2, 0) is 16.3 Å². The first-order chi connectivity index (χ1) is 11.8. The van der Waals surface area contributed by atoms with Crippen LogP contribution in [0.4, 0.5) is 0 Å². The van der Waals surface area contributed by atoms with E-state index in [1.54, 1.807) is 27.1 Å². The lowest BCUT2D eigenvalue weighted by molar-refractivity contribution is 0.353. The largest absolute Gasteiger partial charge is 0.356 e. The Morgan fingerprint density at radius 2 is 2.23 bits per heavy atom. The highest BCUT2D eigenvalue weighted by Crippen LogP contribution is 2.23. The third-order valence-electron chi connectivity index (χ3n) is 4.77. The third-order valence-corrected chi connectivity index (χ3v) is 7.30. The summed E-state index contributed by atoms with van der Waals surface area (Å²) in [5.74, 6) is 0.912. The minimum absolute atomic E-state index is 0. The zero-order valence-corrected chi connectivity index (χ0v) is 18.5. The average molecular weight is 491 g/mol. The number of nitrogens with zero attached hydrogens (tertiary/aromatic N) is 3. The van der Waals surface area contributed by atoms with Crippen molar-refractivity contribution in [2.75, 3.05) is 32.4 Å². The van der Waals surface area contributed by atoms with Crippen LogP contribution in [0.3, 0.4) is 0 Å². The normalized spacial score (nSPS) is 19.2. The fourth-order valence-corrected chi connectivity index (χ4v) is 4.55. The van der Waals surface area contributed by atoms with Crippen LogP contribution in [0.15, 0.2) is 29.5 Å². The number of rotatable bonds is 3. The van der Waals surface area contributed by atoms with Crippen molar-refractivity contribution in [3.05, 3.63) is 30.1 Å². The van der Waals surface area contributed by atoms with Crippen molar-refractivity contribution in [1.82, 2.24) is 20.2 Å². The Balaban J connectivity index is 0.00000243. The number of hydrogen-bond acceptors (Lipinski definition) is 4. The molecule has 26 heavy (non-hydrogen) atoms. The molecule has 1 fully saturated rings. The minimum Gasteiger partial charge on any atom is -0.356 e. The summed E-state index contributed by atoms with van der Waals surface area (Å²) in [6, 6.07) is 3.99. The summed E-state index contributed by atoms with van der Waals surface area (Å²) in [6.07, 6.45) is 4.59. The average Bonchev–Trinajstić information content (AvgIpc) is 2.98. The molecule has 9 heteroatoms. The molecule has 0 aliphatic carbocycles. The number of hydrogen-bond donors (Lipinski definition) is 2. The van der Waals surface area contributed by atoms with Crippen molar-refractivity contribution in [1.29, 1.82) is 0 Å². The zero-order chi connectivity index (χ0) is 18.1. The lowest BCUT2D eigenvalue weighted by Gasteiger charge is -2.39. The second kappa shape index (κ2) is 8.12. The Kier molecular flexibility index (Phi) is 6.54. The van der Waals surface area contributed by atoms with E-state index in [-0.39, 0.29) is 29.7 Å². The highest BCUT2D eigenvalue weighted by molar-refractivity contribution is 14.0. The molecule has 0 unspecified atom stereocenters. The number of pyridine rings is 1. The van der Waals surface area contributed by atoms with E-state index in [1.165, 1.54) is 5.56 Å². The Morgan fingerprint density at radius 1 is 1.46 bits per heavy atom. The second-order valence-corrected chi connectivity index (χ2v) is 9.68. The van der Waals surface area contributed by atoms with E-state index in [1.807, 2.05) is 17.2 Å². The smallest absolute Gasteiger partial charge is 0.193 e. The molecule has 3 heterocycles. The zero-order valence-electron chi connectivity index (χ0n) is 15.3. The standard InChI is InChI=1S/C17H25N5O2S.HI/c1-17(2)12-22(9-10-25(17,23)24)16(18-3)20-8-6-13-11-21-15-14(13)5-4-7-19-15;/h4-5,7,11H,6,8-10,12H2,1-3H3,(H,18,20)(H,19,21);1H. The van der Waals surface area contributed by atoms with Gasteiger partial charge in [-0.25, -0.2) is 13.4 Å². The number of nitrogens with one attached hydrogen (secondary N) is 2. The van der Waals surface area contributed by atoms with Crippen LogP contribution >= 0.6 is 24.0 Å². The number of sulfone groups is 1. The van der Waals surface area contributed by atoms with E-state index < -0.39 is 14.6 Å². The summed E-state index contributed by atoms with van der Waals surface area (Å²) in [7, 11) is -1.32. The number of fused-ring (bicyclic) bond motifs is 1. The van der Waals surface area contributed by atoms with Gasteiger partial charge in [-0.1, -0.05) is 0 Å². The molecule has 0 spiro atoms. The van der Waals surface area contributed by atoms with Crippen molar-refractivity contribution < 1.29 is 8.42 Å². The Hall–Kier alpha value is -1.36. The number of aromatic nitrogens is 2. The van der Waals surface area contributed by atoms with Gasteiger partial charge in [0, 0.05) is 44.5 Å². The highest BCUT2D eigenvalue weighted by Gasteiger charge is 2.40. The summed E-state index contributed by atoms with van der Waals surface area (Å²) in [5.41, 5.74) is 2.09. The van der Waals surface area contributed by atoms with Crippen LogP contribution in [-0.4, -0.2) is 66.4 Å². The molecule has 0 aromatic carbocycles. The lowest BCUT2D eigenvalue weighted by atomic mass is 10.1. The molecule has 0 saturated carbocycles. The van der Waals surface area contributed by atoms with E-state index in [4.69, 9.17) is 0 Å². The van der Waals surface area contributed by atoms with Gasteiger partial charge in [0.05, 0.1) is 10.5 Å². The molecule has 3 rings (SSSR count). The maximum Gasteiger partial charge on any atom is 0.193 e. The molecule has 0 atom stereocenters. The van der Waals surface area contributed by atoms with Crippen molar-refractivity contribution in [3.63, 3.8) is 0 Å². The number of aromatic amines is 1. The lowest BCUT2D eigenvalue weighted by Crippen LogP contribution is -2.57. The molecule has 1 saturated heterocycles. The fourth-order valence-electron chi connectivity index (χ4n) is 3.19. The van der Waals surface area contributed by atoms with Gasteiger partial charge in [-0.15, -0.1) is 24.0 Å². The van der Waals surface area contributed by atoms with Crippen LogP contribution in [0.2, 0.25) is 0 Å². The van der Waals surface area contributed by atoms with E-state index >= 15 is 0 Å². The van der Waals surface area contributed by atoms with Gasteiger partial charge in [0.2, 0.25) is 0 Å². The van der Waals surface area contributed by atoms with Gasteiger partial charge in [0.25, 0.3) is 0 Å². The predicted molar refractivity (Wildman–Crippen MR) is 116 cm³/mol. The first-order valence-corrected chi connectivity index (χ1v) is 10.1. The Labute approximate surface area is 171 Å². The summed E-state index contributed by atoms with van der Waals surface area (Å²) < 4.78 is 23.6. The molecule has 0 radical (unpaired) electrons. The topological polar surface area (TPSA) is 90.4 Å². The predicted octanol–water partition coefficient (Wildman–Crippen LogP) is 1.81. The van der Waals surface area contributed by atoms with Crippen molar-refractivity contribution in [3.8, 4) is 0 Å². The van der Waals surface area contributed by atoms with Crippen molar-refractivity contribution >= 4 is 50.8 Å². The highest BCUT2D eigenvalue weighted by atomic mass is 127. The number of halogens is 1. The Bertz CT molecular complexity index is 891. The summed E-state index contributed by atoms with van der Waals surface area (Å²) >= 11 is 0. The van der Waals surface area contributed by atoms with Crippen LogP contribution in [0.1, 0.15) is 19.4 Å². The van der Waals surface area contributed by atoms with Gasteiger partial charge < -0.3 is 15.2 Å². The van der Waals surface area contributed by atoms with Gasteiger partial charge in [0.1, 0.15) is 5.65 Å². The molecule has 7 nitrogen and oxygen atoms in total. The van der Waals surface area contributed by atoms with Crippen LogP contribution in [0.5, 0.6) is 0 Å². The molecule has 0 amide bonds. The van der Waals surface area contributed by atoms with Crippen molar-refractivity contribution in [2.45, 2.75) is 25.0 Å². The maximum absolute atomic E-state index is 12.2. The van der Waals surface area contributed by atoms with Gasteiger partial charge in [0.15, 0.2) is 15.8 Å². The van der Waals surface area contributed by atoms with Crippen LogP contribution in [0.25, 0.3) is 11.0 Å². The summed E-state index contributed by atoms with van der Waals surface area (Å²) in [4.78, 5) is 13.8. The SMILES string of the molecule is CN=C(NCCc1c[nH]c2ncccc12)N1CCS(=O)(=O)C(C)(C)C1.I. The molecule has 1 aliphatic heterocycles. The molecule has 2 aromatic heterocycles. The number of H-pyrrole nitrogens is 1. The summed E-state index contributed by atoms with van der Waals surface area (Å²) in [6.45, 7) is 5.20. The van der Waals surface area contributed by atoms with Gasteiger partial charge in [-0.3, -0.25) is 4.99 Å². The fraction of sp³-hybridized carbons (Fsp3) is 0.529. The first-order valence-electron chi connectivity index (χ1n) is 8.43.